The van der Waals surface area contributed by atoms with E-state index in [2.05, 4.69) is 48.3 Å². The largest absolute Gasteiger partial charge is 0.460 e. The average Bonchev–Trinajstić information content (AvgIpc) is 3.25. The summed E-state index contributed by atoms with van der Waals surface area (Å²) in [5, 5.41) is 40.6. The number of aliphatic hydroxyl groups excluding tert-OH is 2. The number of non-ortho nitro benzene ring substituents is 1. The Balaban J connectivity index is 1.39. The predicted octanol–water partition coefficient (Wildman–Crippen LogP) is 9.48. The fraction of sp³-hybridized carbons (Fsp3) is 0.404. The first-order chi connectivity index (χ1) is 29.3. The first-order valence-electron chi connectivity index (χ1n) is 20.8. The molecule has 7 rings (SSSR count). The Morgan fingerprint density at radius 2 is 1.78 bits per heavy atom. The number of hydrogen-bond acceptors (Lipinski definition) is 11. The van der Waals surface area contributed by atoms with Crippen molar-refractivity contribution in [3.8, 4) is 11.5 Å². The molecular weight excluding hydrogens is 783 g/mol. The summed E-state index contributed by atoms with van der Waals surface area (Å²) in [5.41, 5.74) is 3.34. The van der Waals surface area contributed by atoms with Gasteiger partial charge in [0.05, 0.1) is 28.4 Å². The van der Waals surface area contributed by atoms with Crippen LogP contribution in [0.3, 0.4) is 0 Å². The van der Waals surface area contributed by atoms with E-state index in [-0.39, 0.29) is 55.1 Å². The van der Waals surface area contributed by atoms with Crippen LogP contribution in [0, 0.1) is 27.9 Å². The van der Waals surface area contributed by atoms with Crippen molar-refractivity contribution in [2.24, 2.45) is 22.9 Å². The smallest absolute Gasteiger partial charge is 0.412 e. The maximum Gasteiger partial charge on any atom is 0.412 e. The van der Waals surface area contributed by atoms with E-state index in [1.807, 2.05) is 31.2 Å². The minimum atomic E-state index is -1.21. The van der Waals surface area contributed by atoms with Crippen LogP contribution >= 0.6 is 11.8 Å². The second-order valence-electron chi connectivity index (χ2n) is 15.5. The SMILES string of the molecule is C=CCOC12Oc3ccc(OC(=O)NCC)cc3C3C(CCCCO)C(CCCCO)C=C(C(=NOCc4ccc([N+](=O)[O-])cc4)CC1Sc1ccc4ccccc4c1)C32. The number of carbonyl (C=O) groups excluding carboxylic acids is 1. The molecule has 13 heteroatoms. The van der Waals surface area contributed by atoms with E-state index in [9.17, 15) is 25.1 Å². The third-order valence-corrected chi connectivity index (χ3v) is 13.0. The number of nitro benzene ring substituents is 1. The molecule has 0 radical (unpaired) electrons. The van der Waals surface area contributed by atoms with Gasteiger partial charge in [0.25, 0.3) is 5.69 Å². The molecule has 4 aromatic carbocycles. The average molecular weight is 836 g/mol. The molecule has 6 atom stereocenters. The van der Waals surface area contributed by atoms with Gasteiger partial charge in [-0.2, -0.15) is 0 Å². The number of ether oxygens (including phenoxy) is 3. The lowest BCUT2D eigenvalue weighted by atomic mass is 9.56. The van der Waals surface area contributed by atoms with Crippen LogP contribution in [0.5, 0.6) is 11.5 Å². The number of carbonyl (C=O) groups is 1. The highest BCUT2D eigenvalue weighted by molar-refractivity contribution is 8.00. The molecule has 0 saturated heterocycles. The fourth-order valence-corrected chi connectivity index (χ4v) is 10.4. The third-order valence-electron chi connectivity index (χ3n) is 11.7. The number of nitrogens with one attached hydrogen (secondary N) is 1. The minimum absolute atomic E-state index is 0.00178. The zero-order valence-electron chi connectivity index (χ0n) is 33.9. The van der Waals surface area contributed by atoms with Crippen molar-refractivity contribution in [3.63, 3.8) is 0 Å². The number of hydrogen-bond donors (Lipinski definition) is 3. The van der Waals surface area contributed by atoms with Crippen LogP contribution in [0.4, 0.5) is 10.5 Å². The van der Waals surface area contributed by atoms with Crippen LogP contribution in [0.2, 0.25) is 0 Å². The quantitative estimate of drug-likeness (QED) is 0.0359. The fourth-order valence-electron chi connectivity index (χ4n) is 9.08. The van der Waals surface area contributed by atoms with Crippen molar-refractivity contribution in [3.05, 3.63) is 130 Å². The van der Waals surface area contributed by atoms with E-state index in [1.54, 1.807) is 36.0 Å². The second kappa shape index (κ2) is 19.9. The van der Waals surface area contributed by atoms with Crippen molar-refractivity contribution in [1.82, 2.24) is 5.32 Å². The summed E-state index contributed by atoms with van der Waals surface area (Å²) in [6, 6.07) is 26.5. The molecule has 12 nitrogen and oxygen atoms in total. The monoisotopic (exact) mass is 835 g/mol. The molecule has 1 fully saturated rings. The molecule has 1 amide bonds. The molecule has 1 saturated carbocycles. The number of thioether (sulfide) groups is 1. The highest BCUT2D eigenvalue weighted by Gasteiger charge is 2.64. The number of nitro groups is 1. The summed E-state index contributed by atoms with van der Waals surface area (Å²) in [6.07, 6.45) is 8.48. The van der Waals surface area contributed by atoms with E-state index in [0.717, 1.165) is 63.8 Å². The van der Waals surface area contributed by atoms with Crippen LogP contribution in [0.15, 0.2) is 119 Å². The summed E-state index contributed by atoms with van der Waals surface area (Å²) in [5.74, 6) is -0.649. The molecule has 60 heavy (non-hydrogen) atoms. The van der Waals surface area contributed by atoms with Crippen LogP contribution in [0.1, 0.15) is 68.9 Å². The first kappa shape index (κ1) is 42.9. The highest BCUT2D eigenvalue weighted by Crippen LogP contribution is 2.63. The van der Waals surface area contributed by atoms with Gasteiger partial charge in [-0.1, -0.05) is 60.5 Å². The van der Waals surface area contributed by atoms with Crippen LogP contribution in [-0.4, -0.2) is 64.3 Å². The third kappa shape index (κ3) is 9.39. The van der Waals surface area contributed by atoms with E-state index < -0.39 is 22.7 Å². The zero-order chi connectivity index (χ0) is 42.1. The van der Waals surface area contributed by atoms with Gasteiger partial charge in [-0.3, -0.25) is 10.1 Å². The van der Waals surface area contributed by atoms with Crippen molar-refractivity contribution >= 4 is 40.0 Å². The number of amides is 1. The highest BCUT2D eigenvalue weighted by atomic mass is 32.2. The van der Waals surface area contributed by atoms with Gasteiger partial charge in [0.2, 0.25) is 5.79 Å². The Morgan fingerprint density at radius 1 is 1.02 bits per heavy atom. The Morgan fingerprint density at radius 3 is 2.52 bits per heavy atom. The summed E-state index contributed by atoms with van der Waals surface area (Å²) in [6.45, 7) is 6.78. The van der Waals surface area contributed by atoms with Gasteiger partial charge >= 0.3 is 6.09 Å². The Hall–Kier alpha value is -5.21. The normalized spacial score (nSPS) is 23.5. The molecule has 6 unspecified atom stereocenters. The number of rotatable bonds is 19. The molecule has 3 aliphatic rings. The molecule has 2 aliphatic carbocycles. The summed E-state index contributed by atoms with van der Waals surface area (Å²) in [4.78, 5) is 30.8. The summed E-state index contributed by atoms with van der Waals surface area (Å²) in [7, 11) is 0. The molecular formula is C47H53N3O9S. The van der Waals surface area contributed by atoms with Gasteiger partial charge in [0.1, 0.15) is 18.1 Å². The van der Waals surface area contributed by atoms with Gasteiger partial charge in [0, 0.05) is 54.7 Å². The maximum atomic E-state index is 12.7. The van der Waals surface area contributed by atoms with Crippen LogP contribution in [-0.2, 0) is 16.2 Å². The molecule has 1 aliphatic heterocycles. The van der Waals surface area contributed by atoms with Crippen LogP contribution < -0.4 is 14.8 Å². The van der Waals surface area contributed by atoms with Crippen molar-refractivity contribution in [2.75, 3.05) is 26.4 Å². The minimum Gasteiger partial charge on any atom is -0.460 e. The lowest BCUT2D eigenvalue weighted by Crippen LogP contribution is -2.64. The summed E-state index contributed by atoms with van der Waals surface area (Å²) >= 11 is 1.67. The number of allylic oxidation sites excluding steroid dienone is 1. The number of unbranched alkanes of at least 4 members (excludes halogenated alkanes) is 2. The molecule has 0 bridgehead atoms. The first-order valence-corrected chi connectivity index (χ1v) is 21.7. The van der Waals surface area contributed by atoms with E-state index >= 15 is 0 Å². The molecule has 0 aromatic heterocycles. The number of fused-ring (bicyclic) bond motifs is 3. The van der Waals surface area contributed by atoms with Crippen molar-refractivity contribution < 1.29 is 39.0 Å². The Labute approximate surface area is 354 Å². The zero-order valence-corrected chi connectivity index (χ0v) is 34.7. The number of aliphatic hydroxyl groups is 2. The molecule has 1 heterocycles. The standard InChI is InChI=1S/C47H53N3O9S/c1-3-25-56-47-43(60-37-21-17-32-11-5-6-12-33(32)26-37)29-41(49-57-30-31-15-18-35(19-16-31)50(54)55)39-27-34(13-7-9-23-51)38(14-8-10-24-52)44(45(39)47)40-28-36(20-22-42(40)59-47)58-46(53)48-4-2/h3,5-6,11-12,15-22,26-28,34,38,43-45,51-52H,1,4,7-10,13-14,23-25,29-30H2,2H3,(H,48,53). The second-order valence-corrected chi connectivity index (χ2v) is 16.8. The van der Waals surface area contributed by atoms with E-state index in [1.165, 1.54) is 12.1 Å². The van der Waals surface area contributed by atoms with Gasteiger partial charge in [-0.15, -0.1) is 18.3 Å². The number of benzene rings is 4. The molecule has 4 aromatic rings. The number of oxime groups is 1. The van der Waals surface area contributed by atoms with Crippen molar-refractivity contribution in [1.29, 1.82) is 0 Å². The number of nitrogens with zero attached hydrogens (tertiary/aromatic N) is 2. The van der Waals surface area contributed by atoms with Crippen molar-refractivity contribution in [2.45, 2.75) is 80.3 Å². The van der Waals surface area contributed by atoms with Gasteiger partial charge in [-0.25, -0.2) is 4.79 Å². The molecule has 0 spiro atoms. The summed E-state index contributed by atoms with van der Waals surface area (Å²) < 4.78 is 20.1. The van der Waals surface area contributed by atoms with Gasteiger partial charge in [0.15, 0.2) is 0 Å². The Bertz CT molecular complexity index is 2210. The Kier molecular flexibility index (Phi) is 14.2. The topological polar surface area (TPSA) is 162 Å². The van der Waals surface area contributed by atoms with Crippen LogP contribution in [0.25, 0.3) is 10.8 Å². The van der Waals surface area contributed by atoms with E-state index in [0.29, 0.717) is 37.3 Å². The van der Waals surface area contributed by atoms with E-state index in [4.69, 9.17) is 24.2 Å². The maximum absolute atomic E-state index is 12.7. The lowest BCUT2D eigenvalue weighted by molar-refractivity contribution is -0.384. The lowest BCUT2D eigenvalue weighted by Gasteiger charge is -2.58. The van der Waals surface area contributed by atoms with Gasteiger partial charge in [-0.05, 0) is 109 Å². The molecule has 316 valence electrons. The predicted molar refractivity (Wildman–Crippen MR) is 232 cm³/mol. The van der Waals surface area contributed by atoms with Gasteiger partial charge < -0.3 is 34.6 Å². The molecule has 3 N–H and O–H groups in total.